The van der Waals surface area contributed by atoms with Gasteiger partial charge in [0.1, 0.15) is 0 Å². The largest absolute Gasteiger partial charge is 0.308 e. The SMILES string of the molecule is Cc1cc(Sc2nnnn2C)ccc1CNC(C)(C)C. The number of nitrogens with one attached hydrogen (secondary N) is 1. The highest BCUT2D eigenvalue weighted by Crippen LogP contribution is 2.26. The van der Waals surface area contributed by atoms with E-state index in [-0.39, 0.29) is 5.54 Å². The van der Waals surface area contributed by atoms with Crippen molar-refractivity contribution in [2.45, 2.75) is 49.8 Å². The zero-order chi connectivity index (χ0) is 14.8. The standard InChI is InChI=1S/C14H21N5S/c1-10-8-12(20-13-16-17-18-19(13)5)7-6-11(10)9-15-14(2,3)4/h6-8,15H,9H2,1-5H3. The van der Waals surface area contributed by atoms with Gasteiger partial charge in [0.15, 0.2) is 0 Å². The third kappa shape index (κ3) is 4.05. The van der Waals surface area contributed by atoms with Crippen LogP contribution < -0.4 is 5.32 Å². The first kappa shape index (κ1) is 15.0. The topological polar surface area (TPSA) is 55.6 Å². The molecule has 0 radical (unpaired) electrons. The normalized spacial score (nSPS) is 11.8. The molecular weight excluding hydrogens is 270 g/mol. The third-order valence-corrected chi connectivity index (χ3v) is 3.93. The number of nitrogens with zero attached hydrogens (tertiary/aromatic N) is 4. The first-order chi connectivity index (χ1) is 9.35. The molecule has 2 rings (SSSR count). The predicted molar refractivity (Wildman–Crippen MR) is 80.7 cm³/mol. The molecule has 1 N–H and O–H groups in total. The molecule has 1 aromatic carbocycles. The molecule has 0 saturated carbocycles. The molecule has 0 saturated heterocycles. The zero-order valence-corrected chi connectivity index (χ0v) is 13.5. The van der Waals surface area contributed by atoms with Crippen LogP contribution in [-0.2, 0) is 13.6 Å². The summed E-state index contributed by atoms with van der Waals surface area (Å²) in [5.41, 5.74) is 2.73. The van der Waals surface area contributed by atoms with E-state index in [4.69, 9.17) is 0 Å². The quantitative estimate of drug-likeness (QED) is 0.938. The minimum atomic E-state index is 0.129. The second-order valence-corrected chi connectivity index (χ2v) is 6.92. The molecule has 20 heavy (non-hydrogen) atoms. The van der Waals surface area contributed by atoms with Crippen molar-refractivity contribution in [3.8, 4) is 0 Å². The molecule has 0 spiro atoms. The Morgan fingerprint density at radius 3 is 2.60 bits per heavy atom. The number of rotatable bonds is 4. The van der Waals surface area contributed by atoms with Gasteiger partial charge in [-0.15, -0.1) is 5.10 Å². The lowest BCUT2D eigenvalue weighted by Crippen LogP contribution is -2.35. The summed E-state index contributed by atoms with van der Waals surface area (Å²) in [4.78, 5) is 1.15. The second kappa shape index (κ2) is 5.93. The zero-order valence-electron chi connectivity index (χ0n) is 12.6. The van der Waals surface area contributed by atoms with Crippen molar-refractivity contribution in [2.75, 3.05) is 0 Å². The molecule has 0 unspecified atom stereocenters. The first-order valence-electron chi connectivity index (χ1n) is 6.60. The number of aromatic nitrogens is 4. The smallest absolute Gasteiger partial charge is 0.213 e. The lowest BCUT2D eigenvalue weighted by Gasteiger charge is -2.21. The van der Waals surface area contributed by atoms with Crippen LogP contribution in [0.4, 0.5) is 0 Å². The molecule has 0 aliphatic heterocycles. The van der Waals surface area contributed by atoms with Gasteiger partial charge >= 0.3 is 0 Å². The Bertz CT molecular complexity index is 585. The molecule has 1 heterocycles. The van der Waals surface area contributed by atoms with Gasteiger partial charge in [0, 0.05) is 24.0 Å². The average Bonchev–Trinajstić information content (AvgIpc) is 2.73. The van der Waals surface area contributed by atoms with Crippen LogP contribution >= 0.6 is 11.8 Å². The predicted octanol–water partition coefficient (Wildman–Crippen LogP) is 2.56. The maximum Gasteiger partial charge on any atom is 0.213 e. The molecule has 0 amide bonds. The van der Waals surface area contributed by atoms with Gasteiger partial charge < -0.3 is 5.32 Å². The van der Waals surface area contributed by atoms with Crippen molar-refractivity contribution in [3.05, 3.63) is 29.3 Å². The number of benzene rings is 1. The highest BCUT2D eigenvalue weighted by atomic mass is 32.2. The molecule has 0 aliphatic rings. The van der Waals surface area contributed by atoms with Gasteiger partial charge in [0.2, 0.25) is 5.16 Å². The number of tetrazole rings is 1. The van der Waals surface area contributed by atoms with E-state index in [1.165, 1.54) is 11.1 Å². The van der Waals surface area contributed by atoms with Crippen molar-refractivity contribution < 1.29 is 0 Å². The van der Waals surface area contributed by atoms with Gasteiger partial charge in [-0.3, -0.25) is 0 Å². The summed E-state index contributed by atoms with van der Waals surface area (Å²) in [6.45, 7) is 9.54. The molecule has 5 nitrogen and oxygen atoms in total. The van der Waals surface area contributed by atoms with Crippen LogP contribution in [0, 0.1) is 6.92 Å². The third-order valence-electron chi connectivity index (χ3n) is 2.91. The maximum atomic E-state index is 3.98. The van der Waals surface area contributed by atoms with E-state index in [2.05, 4.69) is 66.7 Å². The van der Waals surface area contributed by atoms with E-state index in [1.807, 2.05) is 7.05 Å². The Balaban J connectivity index is 2.08. The Hall–Kier alpha value is -1.40. The Kier molecular flexibility index (Phi) is 4.45. The summed E-state index contributed by atoms with van der Waals surface area (Å²) >= 11 is 1.57. The monoisotopic (exact) mass is 291 g/mol. The lowest BCUT2D eigenvalue weighted by molar-refractivity contribution is 0.424. The molecule has 1 aromatic heterocycles. The molecule has 2 aromatic rings. The summed E-state index contributed by atoms with van der Waals surface area (Å²) < 4.78 is 1.68. The fraction of sp³-hybridized carbons (Fsp3) is 0.500. The second-order valence-electron chi connectivity index (χ2n) is 5.88. The molecular formula is C14H21N5S. The molecule has 0 aliphatic carbocycles. The van der Waals surface area contributed by atoms with Gasteiger partial charge in [-0.1, -0.05) is 6.07 Å². The van der Waals surface area contributed by atoms with Crippen molar-refractivity contribution >= 4 is 11.8 Å². The van der Waals surface area contributed by atoms with Crippen molar-refractivity contribution in [2.24, 2.45) is 7.05 Å². The fourth-order valence-electron chi connectivity index (χ4n) is 1.70. The molecule has 108 valence electrons. The van der Waals surface area contributed by atoms with E-state index in [1.54, 1.807) is 16.4 Å². The van der Waals surface area contributed by atoms with E-state index < -0.39 is 0 Å². The molecule has 0 bridgehead atoms. The minimum absolute atomic E-state index is 0.129. The van der Waals surface area contributed by atoms with Crippen LogP contribution in [0.15, 0.2) is 28.3 Å². The summed E-state index contributed by atoms with van der Waals surface area (Å²) in [7, 11) is 1.84. The maximum absolute atomic E-state index is 3.98. The summed E-state index contributed by atoms with van der Waals surface area (Å²) in [5, 5.41) is 15.8. The highest BCUT2D eigenvalue weighted by Gasteiger charge is 2.10. The van der Waals surface area contributed by atoms with Crippen LogP contribution in [0.1, 0.15) is 31.9 Å². The number of hydrogen-bond acceptors (Lipinski definition) is 5. The van der Waals surface area contributed by atoms with Crippen LogP contribution in [0.25, 0.3) is 0 Å². The van der Waals surface area contributed by atoms with Crippen LogP contribution in [0.3, 0.4) is 0 Å². The van der Waals surface area contributed by atoms with Crippen LogP contribution in [0.2, 0.25) is 0 Å². The van der Waals surface area contributed by atoms with E-state index in [9.17, 15) is 0 Å². The molecule has 0 atom stereocenters. The van der Waals surface area contributed by atoms with Gasteiger partial charge in [-0.2, -0.15) is 0 Å². The minimum Gasteiger partial charge on any atom is -0.308 e. The number of aryl methyl sites for hydroxylation is 2. The van der Waals surface area contributed by atoms with Crippen LogP contribution in [0.5, 0.6) is 0 Å². The van der Waals surface area contributed by atoms with Crippen LogP contribution in [-0.4, -0.2) is 25.7 Å². The summed E-state index contributed by atoms with van der Waals surface area (Å²) in [5.74, 6) is 0. The van der Waals surface area contributed by atoms with Crippen molar-refractivity contribution in [1.82, 2.24) is 25.5 Å². The Morgan fingerprint density at radius 2 is 2.05 bits per heavy atom. The van der Waals surface area contributed by atoms with Crippen molar-refractivity contribution in [1.29, 1.82) is 0 Å². The van der Waals surface area contributed by atoms with Gasteiger partial charge in [-0.25, -0.2) is 4.68 Å². The summed E-state index contributed by atoms with van der Waals surface area (Å²) in [6, 6.07) is 6.46. The van der Waals surface area contributed by atoms with Gasteiger partial charge in [0.05, 0.1) is 0 Å². The number of hydrogen-bond donors (Lipinski definition) is 1. The lowest BCUT2D eigenvalue weighted by atomic mass is 10.1. The van der Waals surface area contributed by atoms with Gasteiger partial charge in [-0.05, 0) is 73.1 Å². The first-order valence-corrected chi connectivity index (χ1v) is 7.41. The van der Waals surface area contributed by atoms with E-state index >= 15 is 0 Å². The summed E-state index contributed by atoms with van der Waals surface area (Å²) in [6.07, 6.45) is 0. The van der Waals surface area contributed by atoms with E-state index in [0.717, 1.165) is 16.6 Å². The average molecular weight is 291 g/mol. The Labute approximate surface area is 124 Å². The highest BCUT2D eigenvalue weighted by molar-refractivity contribution is 7.99. The molecule has 0 fully saturated rings. The fourth-order valence-corrected chi connectivity index (χ4v) is 2.53. The van der Waals surface area contributed by atoms with E-state index in [0.29, 0.717) is 0 Å². The molecule has 6 heteroatoms. The van der Waals surface area contributed by atoms with Gasteiger partial charge in [0.25, 0.3) is 0 Å². The van der Waals surface area contributed by atoms with Crippen molar-refractivity contribution in [3.63, 3.8) is 0 Å². The Morgan fingerprint density at radius 1 is 1.30 bits per heavy atom.